The van der Waals surface area contributed by atoms with E-state index in [0.29, 0.717) is 12.3 Å². The fourth-order valence-electron chi connectivity index (χ4n) is 2.99. The third-order valence-corrected chi connectivity index (χ3v) is 5.19. The number of aryl methyl sites for hydroxylation is 2. The number of likely N-dealkylation sites (tertiary alicyclic amines) is 1. The van der Waals surface area contributed by atoms with Crippen LogP contribution in [0.15, 0.2) is 6.07 Å². The van der Waals surface area contributed by atoms with Gasteiger partial charge in [-0.25, -0.2) is 0 Å². The molecule has 1 unspecified atom stereocenters. The molecule has 1 fully saturated rings. The van der Waals surface area contributed by atoms with Crippen LogP contribution < -0.4 is 0 Å². The Bertz CT molecular complexity index is 438. The minimum Gasteiger partial charge on any atom is -0.296 e. The van der Waals surface area contributed by atoms with E-state index in [-0.39, 0.29) is 0 Å². The molecule has 0 radical (unpaired) electrons. The maximum Gasteiger partial charge on any atom is 0.177 e. The van der Waals surface area contributed by atoms with Crippen molar-refractivity contribution in [1.82, 2.24) is 4.90 Å². The predicted octanol–water partition coefficient (Wildman–Crippen LogP) is 4.06. The lowest BCUT2D eigenvalue weighted by Crippen LogP contribution is -2.31. The Morgan fingerprint density at radius 1 is 1.37 bits per heavy atom. The monoisotopic (exact) mass is 279 g/mol. The summed E-state index contributed by atoms with van der Waals surface area (Å²) in [6.07, 6.45) is 5.11. The summed E-state index contributed by atoms with van der Waals surface area (Å²) in [6, 6.07) is 2.05. The van der Waals surface area contributed by atoms with Gasteiger partial charge in [0.1, 0.15) is 0 Å². The van der Waals surface area contributed by atoms with Crippen LogP contribution >= 0.6 is 11.3 Å². The van der Waals surface area contributed by atoms with E-state index in [2.05, 4.69) is 31.7 Å². The maximum absolute atomic E-state index is 12.4. The minimum absolute atomic E-state index is 0.303. The van der Waals surface area contributed by atoms with Crippen molar-refractivity contribution in [2.24, 2.45) is 5.92 Å². The highest BCUT2D eigenvalue weighted by Crippen LogP contribution is 2.23. The van der Waals surface area contributed by atoms with Gasteiger partial charge in [-0.1, -0.05) is 13.3 Å². The summed E-state index contributed by atoms with van der Waals surface area (Å²) >= 11 is 1.73. The van der Waals surface area contributed by atoms with Crippen LogP contribution in [0.4, 0.5) is 0 Å². The molecule has 1 aliphatic heterocycles. The van der Waals surface area contributed by atoms with Crippen molar-refractivity contribution in [2.75, 3.05) is 19.6 Å². The highest BCUT2D eigenvalue weighted by atomic mass is 32.1. The molecule has 0 aliphatic carbocycles. The molecule has 0 aromatic carbocycles. The van der Waals surface area contributed by atoms with E-state index >= 15 is 0 Å². The van der Waals surface area contributed by atoms with Gasteiger partial charge >= 0.3 is 0 Å². The molecule has 1 aliphatic rings. The number of hydrogen-bond donors (Lipinski definition) is 0. The molecule has 0 spiro atoms. The fraction of sp³-hybridized carbons (Fsp3) is 0.688. The average Bonchev–Trinajstić information content (AvgIpc) is 2.60. The van der Waals surface area contributed by atoms with Crippen molar-refractivity contribution < 1.29 is 4.79 Å². The standard InChI is InChI=1S/C16H25NOS/c1-4-14-6-5-8-17(9-7-14)11-16(18)15-10-12(2)19-13(15)3/h10,14H,4-9,11H2,1-3H3. The van der Waals surface area contributed by atoms with Crippen LogP contribution in [0.5, 0.6) is 0 Å². The molecule has 1 saturated heterocycles. The van der Waals surface area contributed by atoms with Gasteiger partial charge in [0.2, 0.25) is 0 Å². The van der Waals surface area contributed by atoms with E-state index in [1.54, 1.807) is 11.3 Å². The molecule has 1 aromatic rings. The zero-order valence-corrected chi connectivity index (χ0v) is 13.2. The van der Waals surface area contributed by atoms with Gasteiger partial charge in [0.25, 0.3) is 0 Å². The van der Waals surface area contributed by atoms with Crippen LogP contribution in [0.3, 0.4) is 0 Å². The molecule has 106 valence electrons. The van der Waals surface area contributed by atoms with Gasteiger partial charge in [-0.15, -0.1) is 11.3 Å². The summed E-state index contributed by atoms with van der Waals surface area (Å²) < 4.78 is 0. The maximum atomic E-state index is 12.4. The van der Waals surface area contributed by atoms with Crippen LogP contribution in [0.25, 0.3) is 0 Å². The Labute approximate surface area is 120 Å². The lowest BCUT2D eigenvalue weighted by Gasteiger charge is -2.19. The molecule has 0 N–H and O–H groups in total. The SMILES string of the molecule is CCC1CCCN(CC(=O)c2cc(C)sc2C)CC1. The Balaban J connectivity index is 1.93. The summed E-state index contributed by atoms with van der Waals surface area (Å²) in [7, 11) is 0. The van der Waals surface area contributed by atoms with E-state index < -0.39 is 0 Å². The van der Waals surface area contributed by atoms with Crippen LogP contribution in [0.2, 0.25) is 0 Å². The fourth-order valence-corrected chi connectivity index (χ4v) is 3.93. The van der Waals surface area contributed by atoms with Gasteiger partial charge < -0.3 is 0 Å². The summed E-state index contributed by atoms with van der Waals surface area (Å²) in [4.78, 5) is 17.1. The van der Waals surface area contributed by atoms with Gasteiger partial charge in [0.05, 0.1) is 6.54 Å². The van der Waals surface area contributed by atoms with Crippen molar-refractivity contribution in [3.05, 3.63) is 21.4 Å². The summed E-state index contributed by atoms with van der Waals surface area (Å²) in [5, 5.41) is 0. The Kier molecular flexibility index (Phi) is 5.17. The second kappa shape index (κ2) is 6.67. The molecule has 3 heteroatoms. The Hall–Kier alpha value is -0.670. The molecular formula is C16H25NOS. The minimum atomic E-state index is 0.303. The number of nitrogens with zero attached hydrogens (tertiary/aromatic N) is 1. The quantitative estimate of drug-likeness (QED) is 0.775. The highest BCUT2D eigenvalue weighted by molar-refractivity contribution is 7.12. The van der Waals surface area contributed by atoms with Gasteiger partial charge in [0, 0.05) is 15.3 Å². The predicted molar refractivity (Wildman–Crippen MR) is 82.2 cm³/mol. The molecule has 1 aromatic heterocycles. The zero-order valence-electron chi connectivity index (χ0n) is 12.4. The van der Waals surface area contributed by atoms with Crippen LogP contribution in [-0.4, -0.2) is 30.3 Å². The van der Waals surface area contributed by atoms with E-state index in [4.69, 9.17) is 0 Å². The van der Waals surface area contributed by atoms with Gasteiger partial charge in [0.15, 0.2) is 5.78 Å². The Morgan fingerprint density at radius 2 is 2.16 bits per heavy atom. The molecule has 2 rings (SSSR count). The summed E-state index contributed by atoms with van der Waals surface area (Å²) in [5.41, 5.74) is 0.943. The number of carbonyl (C=O) groups excluding carboxylic acids is 1. The summed E-state index contributed by atoms with van der Waals surface area (Å²) in [6.45, 7) is 9.19. The van der Waals surface area contributed by atoms with Crippen molar-refractivity contribution in [1.29, 1.82) is 0 Å². The largest absolute Gasteiger partial charge is 0.296 e. The van der Waals surface area contributed by atoms with E-state index in [1.165, 1.54) is 35.4 Å². The number of carbonyl (C=O) groups is 1. The van der Waals surface area contributed by atoms with Crippen LogP contribution in [0, 0.1) is 19.8 Å². The first kappa shape index (κ1) is 14.7. The van der Waals surface area contributed by atoms with E-state index in [0.717, 1.165) is 24.6 Å². The molecule has 1 atom stereocenters. The average molecular weight is 279 g/mol. The lowest BCUT2D eigenvalue weighted by molar-refractivity contribution is 0.0932. The number of rotatable bonds is 4. The molecule has 0 bridgehead atoms. The van der Waals surface area contributed by atoms with Gasteiger partial charge in [-0.2, -0.15) is 0 Å². The van der Waals surface area contributed by atoms with Crippen LogP contribution in [0.1, 0.15) is 52.7 Å². The second-order valence-electron chi connectivity index (χ2n) is 5.73. The normalized spacial score (nSPS) is 21.3. The highest BCUT2D eigenvalue weighted by Gasteiger charge is 2.19. The van der Waals surface area contributed by atoms with Gasteiger partial charge in [-0.3, -0.25) is 9.69 Å². The smallest absolute Gasteiger partial charge is 0.177 e. The zero-order chi connectivity index (χ0) is 13.8. The molecule has 0 saturated carbocycles. The van der Waals surface area contributed by atoms with Gasteiger partial charge in [-0.05, 0) is 58.2 Å². The number of thiophene rings is 1. The molecule has 19 heavy (non-hydrogen) atoms. The van der Waals surface area contributed by atoms with Crippen molar-refractivity contribution in [3.63, 3.8) is 0 Å². The van der Waals surface area contributed by atoms with Crippen LogP contribution in [-0.2, 0) is 0 Å². The van der Waals surface area contributed by atoms with Crippen molar-refractivity contribution >= 4 is 17.1 Å². The molecule has 0 amide bonds. The number of ketones is 1. The van der Waals surface area contributed by atoms with E-state index in [9.17, 15) is 4.79 Å². The summed E-state index contributed by atoms with van der Waals surface area (Å²) in [5.74, 6) is 1.17. The first-order valence-corrected chi connectivity index (χ1v) is 8.24. The van der Waals surface area contributed by atoms with Crippen molar-refractivity contribution in [2.45, 2.75) is 46.5 Å². The number of hydrogen-bond acceptors (Lipinski definition) is 3. The van der Waals surface area contributed by atoms with Crippen molar-refractivity contribution in [3.8, 4) is 0 Å². The van der Waals surface area contributed by atoms with E-state index in [1.807, 2.05) is 0 Å². The molecular weight excluding hydrogens is 254 g/mol. The second-order valence-corrected chi connectivity index (χ2v) is 7.19. The Morgan fingerprint density at radius 3 is 2.79 bits per heavy atom. The third-order valence-electron chi connectivity index (χ3n) is 4.23. The third kappa shape index (κ3) is 3.90. The number of Topliss-reactive ketones (excluding diaryl/α,β-unsaturated/α-hetero) is 1. The first-order chi connectivity index (χ1) is 9.10. The topological polar surface area (TPSA) is 20.3 Å². The first-order valence-electron chi connectivity index (χ1n) is 7.42. The molecule has 2 heterocycles. The molecule has 2 nitrogen and oxygen atoms in total. The lowest BCUT2D eigenvalue weighted by atomic mass is 9.98.